The van der Waals surface area contributed by atoms with E-state index >= 15 is 0 Å². The molecule has 1 amide bonds. The molecule has 0 aliphatic carbocycles. The van der Waals surface area contributed by atoms with Crippen LogP contribution >= 0.6 is 11.8 Å². The number of thioether (sulfide) groups is 1. The van der Waals surface area contributed by atoms with Gasteiger partial charge in [0.15, 0.2) is 0 Å². The molecular formula is C18H21NO3S. The third kappa shape index (κ3) is 4.42. The molecule has 0 fully saturated rings. The number of amides is 1. The van der Waals surface area contributed by atoms with Gasteiger partial charge in [-0.15, -0.1) is 11.8 Å². The summed E-state index contributed by atoms with van der Waals surface area (Å²) >= 11 is 1.69. The van der Waals surface area contributed by atoms with Gasteiger partial charge in [0, 0.05) is 11.0 Å². The lowest BCUT2D eigenvalue weighted by atomic mass is 10.2. The van der Waals surface area contributed by atoms with Crippen LogP contribution in [0.15, 0.2) is 47.4 Å². The van der Waals surface area contributed by atoms with Crippen molar-refractivity contribution in [2.45, 2.75) is 18.2 Å². The molecule has 0 heterocycles. The first-order chi connectivity index (χ1) is 11.2. The van der Waals surface area contributed by atoms with Crippen LogP contribution in [0.4, 0.5) is 5.69 Å². The Hall–Kier alpha value is -2.14. The third-order valence-electron chi connectivity index (χ3n) is 3.25. The molecule has 0 saturated carbocycles. The SMILES string of the molecule is CCCSc1ccccc1C(=O)Nc1ccc(OC)cc1OC. The molecule has 2 aromatic rings. The van der Waals surface area contributed by atoms with Crippen LogP contribution < -0.4 is 14.8 Å². The highest BCUT2D eigenvalue weighted by atomic mass is 32.2. The van der Waals surface area contributed by atoms with E-state index in [9.17, 15) is 4.79 Å². The first kappa shape index (κ1) is 17.2. The number of rotatable bonds is 7. The number of ether oxygens (including phenoxy) is 2. The van der Waals surface area contributed by atoms with Crippen molar-refractivity contribution in [3.63, 3.8) is 0 Å². The summed E-state index contributed by atoms with van der Waals surface area (Å²) < 4.78 is 10.5. The number of hydrogen-bond donors (Lipinski definition) is 1. The number of carbonyl (C=O) groups is 1. The molecule has 122 valence electrons. The number of methoxy groups -OCH3 is 2. The molecule has 0 bridgehead atoms. The first-order valence-corrected chi connectivity index (χ1v) is 8.43. The zero-order valence-corrected chi connectivity index (χ0v) is 14.4. The third-order valence-corrected chi connectivity index (χ3v) is 4.53. The summed E-state index contributed by atoms with van der Waals surface area (Å²) in [6, 6.07) is 12.9. The van der Waals surface area contributed by atoms with Crippen molar-refractivity contribution in [3.05, 3.63) is 48.0 Å². The minimum Gasteiger partial charge on any atom is -0.497 e. The molecule has 0 aromatic heterocycles. The van der Waals surface area contributed by atoms with Gasteiger partial charge >= 0.3 is 0 Å². The average molecular weight is 331 g/mol. The molecule has 0 atom stereocenters. The van der Waals surface area contributed by atoms with Crippen LogP contribution in [0.2, 0.25) is 0 Å². The van der Waals surface area contributed by atoms with Gasteiger partial charge in [0.1, 0.15) is 11.5 Å². The Morgan fingerprint density at radius 3 is 2.61 bits per heavy atom. The van der Waals surface area contributed by atoms with E-state index in [-0.39, 0.29) is 5.91 Å². The van der Waals surface area contributed by atoms with Gasteiger partial charge in [-0.05, 0) is 36.4 Å². The van der Waals surface area contributed by atoms with E-state index in [2.05, 4.69) is 12.2 Å². The molecule has 0 radical (unpaired) electrons. The van der Waals surface area contributed by atoms with Crippen LogP contribution in [0.5, 0.6) is 11.5 Å². The van der Waals surface area contributed by atoms with E-state index in [1.54, 1.807) is 44.2 Å². The first-order valence-electron chi connectivity index (χ1n) is 7.44. The van der Waals surface area contributed by atoms with E-state index < -0.39 is 0 Å². The van der Waals surface area contributed by atoms with Gasteiger partial charge in [-0.2, -0.15) is 0 Å². The summed E-state index contributed by atoms with van der Waals surface area (Å²) in [7, 11) is 3.16. The maximum atomic E-state index is 12.6. The summed E-state index contributed by atoms with van der Waals surface area (Å²) in [5.41, 5.74) is 1.29. The topological polar surface area (TPSA) is 47.6 Å². The fourth-order valence-electron chi connectivity index (χ4n) is 2.08. The molecule has 0 spiro atoms. The van der Waals surface area contributed by atoms with Crippen LogP contribution in [-0.2, 0) is 0 Å². The number of anilines is 1. The average Bonchev–Trinajstić information content (AvgIpc) is 2.60. The summed E-state index contributed by atoms with van der Waals surface area (Å²) in [5.74, 6) is 2.08. The van der Waals surface area contributed by atoms with Crippen molar-refractivity contribution >= 4 is 23.4 Å². The summed E-state index contributed by atoms with van der Waals surface area (Å²) in [6.07, 6.45) is 1.06. The van der Waals surface area contributed by atoms with Gasteiger partial charge in [0.25, 0.3) is 5.91 Å². The second-order valence-corrected chi connectivity index (χ2v) is 6.00. The minimum absolute atomic E-state index is 0.146. The van der Waals surface area contributed by atoms with Crippen molar-refractivity contribution < 1.29 is 14.3 Å². The van der Waals surface area contributed by atoms with Crippen molar-refractivity contribution in [2.24, 2.45) is 0 Å². The van der Waals surface area contributed by atoms with E-state index in [1.165, 1.54) is 0 Å². The predicted octanol–water partition coefficient (Wildman–Crippen LogP) is 4.46. The van der Waals surface area contributed by atoms with Crippen molar-refractivity contribution in [2.75, 3.05) is 25.3 Å². The lowest BCUT2D eigenvalue weighted by Crippen LogP contribution is -2.13. The Balaban J connectivity index is 2.22. The monoisotopic (exact) mass is 331 g/mol. The maximum absolute atomic E-state index is 12.6. The van der Waals surface area contributed by atoms with Gasteiger partial charge in [0.05, 0.1) is 25.5 Å². The minimum atomic E-state index is -0.146. The van der Waals surface area contributed by atoms with Crippen molar-refractivity contribution in [3.8, 4) is 11.5 Å². The van der Waals surface area contributed by atoms with E-state index in [0.29, 0.717) is 22.7 Å². The Kier molecular flexibility index (Phi) is 6.35. The largest absolute Gasteiger partial charge is 0.497 e. The summed E-state index contributed by atoms with van der Waals surface area (Å²) in [6.45, 7) is 2.12. The molecule has 1 N–H and O–H groups in total. The van der Waals surface area contributed by atoms with Crippen LogP contribution in [-0.4, -0.2) is 25.9 Å². The van der Waals surface area contributed by atoms with E-state index in [1.807, 2.05) is 24.3 Å². The van der Waals surface area contributed by atoms with E-state index in [4.69, 9.17) is 9.47 Å². The fraction of sp³-hybridized carbons (Fsp3) is 0.278. The lowest BCUT2D eigenvalue weighted by molar-refractivity contribution is 0.102. The van der Waals surface area contributed by atoms with Gasteiger partial charge in [-0.3, -0.25) is 4.79 Å². The van der Waals surface area contributed by atoms with Crippen molar-refractivity contribution in [1.29, 1.82) is 0 Å². The number of carbonyl (C=O) groups excluding carboxylic acids is 1. The molecule has 0 unspecified atom stereocenters. The van der Waals surface area contributed by atoms with Crippen molar-refractivity contribution in [1.82, 2.24) is 0 Å². The zero-order valence-electron chi connectivity index (χ0n) is 13.6. The number of hydrogen-bond acceptors (Lipinski definition) is 4. The molecule has 0 aliphatic heterocycles. The second kappa shape index (κ2) is 8.48. The van der Waals surface area contributed by atoms with Crippen LogP contribution in [0, 0.1) is 0 Å². The summed E-state index contributed by atoms with van der Waals surface area (Å²) in [5, 5.41) is 2.91. The van der Waals surface area contributed by atoms with Crippen LogP contribution in [0.25, 0.3) is 0 Å². The van der Waals surface area contributed by atoms with Crippen LogP contribution in [0.1, 0.15) is 23.7 Å². The maximum Gasteiger partial charge on any atom is 0.256 e. The molecule has 23 heavy (non-hydrogen) atoms. The Morgan fingerprint density at radius 2 is 1.91 bits per heavy atom. The molecule has 2 rings (SSSR count). The van der Waals surface area contributed by atoms with Gasteiger partial charge in [0.2, 0.25) is 0 Å². The standard InChI is InChI=1S/C18H21NO3S/c1-4-11-23-17-8-6-5-7-14(17)18(20)19-15-10-9-13(21-2)12-16(15)22-3/h5-10,12H,4,11H2,1-3H3,(H,19,20). The molecule has 4 nitrogen and oxygen atoms in total. The highest BCUT2D eigenvalue weighted by Crippen LogP contribution is 2.30. The Bertz CT molecular complexity index is 673. The van der Waals surface area contributed by atoms with Gasteiger partial charge in [-0.1, -0.05) is 19.1 Å². The predicted molar refractivity (Wildman–Crippen MR) is 95.0 cm³/mol. The smallest absolute Gasteiger partial charge is 0.256 e. The molecule has 2 aromatic carbocycles. The van der Waals surface area contributed by atoms with Gasteiger partial charge < -0.3 is 14.8 Å². The van der Waals surface area contributed by atoms with Crippen LogP contribution in [0.3, 0.4) is 0 Å². The fourth-order valence-corrected chi connectivity index (χ4v) is 3.00. The molecule has 5 heteroatoms. The number of benzene rings is 2. The molecular weight excluding hydrogens is 310 g/mol. The summed E-state index contributed by atoms with van der Waals surface area (Å²) in [4.78, 5) is 13.6. The highest BCUT2D eigenvalue weighted by molar-refractivity contribution is 7.99. The normalized spacial score (nSPS) is 10.2. The van der Waals surface area contributed by atoms with E-state index in [0.717, 1.165) is 17.1 Å². The zero-order chi connectivity index (χ0) is 16.7. The Morgan fingerprint density at radius 1 is 1.13 bits per heavy atom. The Labute approximate surface area is 141 Å². The molecule has 0 aliphatic rings. The second-order valence-electron chi connectivity index (χ2n) is 4.86. The lowest BCUT2D eigenvalue weighted by Gasteiger charge is -2.13. The molecule has 0 saturated heterocycles. The number of nitrogens with one attached hydrogen (secondary N) is 1. The highest BCUT2D eigenvalue weighted by Gasteiger charge is 2.14. The van der Waals surface area contributed by atoms with Gasteiger partial charge in [-0.25, -0.2) is 0 Å². The quantitative estimate of drug-likeness (QED) is 0.761.